The van der Waals surface area contributed by atoms with E-state index in [1.807, 2.05) is 0 Å². The van der Waals surface area contributed by atoms with Gasteiger partial charge in [-0.05, 0) is 25.3 Å². The molecule has 0 spiro atoms. The minimum atomic E-state index is 0.0654. The Hall–Kier alpha value is -1.12. The third-order valence-electron chi connectivity index (χ3n) is 1.92. The number of amides is 1. The molecule has 4 nitrogen and oxygen atoms in total. The number of hydrogen-bond donors (Lipinski definition) is 2. The van der Waals surface area contributed by atoms with Crippen LogP contribution in [-0.2, 0) is 4.79 Å². The first-order valence-corrected chi connectivity index (χ1v) is 5.51. The Bertz CT molecular complexity index is 210. The smallest absolute Gasteiger partial charge is 0.234 e. The molecule has 86 valence electrons. The van der Waals surface area contributed by atoms with Gasteiger partial charge in [0.15, 0.2) is 0 Å². The normalized spacial score (nSPS) is 9.40. The number of nitrogens with one attached hydrogen (secondary N) is 2. The summed E-state index contributed by atoms with van der Waals surface area (Å²) in [5.41, 5.74) is 5.52. The third kappa shape index (κ3) is 10.8. The molecule has 0 bridgehead atoms. The van der Waals surface area contributed by atoms with Crippen molar-refractivity contribution in [3.8, 4) is 0 Å². The molecule has 0 unspecified atom stereocenters. The zero-order valence-electron chi connectivity index (χ0n) is 9.51. The molecule has 0 rings (SSSR count). The lowest BCUT2D eigenvalue weighted by Crippen LogP contribution is -2.37. The number of carbonyl (C=O) groups is 1. The first-order chi connectivity index (χ1) is 7.31. The summed E-state index contributed by atoms with van der Waals surface area (Å²) in [6.07, 6.45) is 4.69. The number of aliphatic imine (C=N–C) groups is 1. The zero-order chi connectivity index (χ0) is 11.4. The predicted octanol–water partition coefficient (Wildman–Crippen LogP) is 1.43. The lowest BCUT2D eigenvalue weighted by Gasteiger charge is -2.05. The van der Waals surface area contributed by atoms with Gasteiger partial charge < -0.3 is 0 Å². The number of rotatable bonds is 9. The van der Waals surface area contributed by atoms with Crippen LogP contribution in [0.25, 0.3) is 0 Å². The van der Waals surface area contributed by atoms with E-state index in [0.29, 0.717) is 13.0 Å². The number of hydrogen-bond acceptors (Lipinski definition) is 3. The Kier molecular flexibility index (Phi) is 10.1. The van der Waals surface area contributed by atoms with Crippen LogP contribution in [0.1, 0.15) is 39.0 Å². The van der Waals surface area contributed by atoms with Gasteiger partial charge in [-0.2, -0.15) is 0 Å². The number of carbonyl (C=O) groups excluding carboxylic acids is 1. The first kappa shape index (κ1) is 13.9. The molecule has 0 aromatic carbocycles. The van der Waals surface area contributed by atoms with Crippen molar-refractivity contribution in [2.24, 2.45) is 4.99 Å². The molecule has 0 fully saturated rings. The summed E-state index contributed by atoms with van der Waals surface area (Å²) < 4.78 is 0. The second-order valence-corrected chi connectivity index (χ2v) is 3.33. The van der Waals surface area contributed by atoms with Crippen LogP contribution in [0.5, 0.6) is 0 Å². The first-order valence-electron chi connectivity index (χ1n) is 5.51. The van der Waals surface area contributed by atoms with Crippen LogP contribution in [0.3, 0.4) is 0 Å². The largest absolute Gasteiger partial charge is 0.292 e. The fraction of sp³-hybridized carbons (Fsp3) is 0.727. The maximum Gasteiger partial charge on any atom is 0.234 e. The Morgan fingerprint density at radius 3 is 2.87 bits per heavy atom. The van der Waals surface area contributed by atoms with Crippen molar-refractivity contribution in [1.29, 1.82) is 0 Å². The van der Waals surface area contributed by atoms with E-state index in [4.69, 9.17) is 0 Å². The van der Waals surface area contributed by atoms with E-state index in [9.17, 15) is 4.79 Å². The SMILES string of the molecule is C=C=NCCCNNC(=O)CCCCC. The van der Waals surface area contributed by atoms with Crippen molar-refractivity contribution in [2.45, 2.75) is 39.0 Å². The van der Waals surface area contributed by atoms with Crippen LogP contribution in [0.4, 0.5) is 0 Å². The molecule has 0 atom stereocenters. The summed E-state index contributed by atoms with van der Waals surface area (Å²) in [6.45, 7) is 6.91. The number of unbranched alkanes of at least 4 members (excludes halogenated alkanes) is 2. The van der Waals surface area contributed by atoms with Crippen molar-refractivity contribution >= 4 is 11.8 Å². The number of nitrogens with zero attached hydrogens (tertiary/aromatic N) is 1. The minimum absolute atomic E-state index is 0.0654. The van der Waals surface area contributed by atoms with Crippen molar-refractivity contribution in [3.63, 3.8) is 0 Å². The Morgan fingerprint density at radius 1 is 1.40 bits per heavy atom. The van der Waals surface area contributed by atoms with Gasteiger partial charge in [0.25, 0.3) is 0 Å². The highest BCUT2D eigenvalue weighted by Gasteiger charge is 1.98. The minimum Gasteiger partial charge on any atom is -0.292 e. The van der Waals surface area contributed by atoms with Gasteiger partial charge in [0.1, 0.15) is 0 Å². The molecule has 0 aromatic rings. The average molecular weight is 211 g/mol. The van der Waals surface area contributed by atoms with Crippen LogP contribution < -0.4 is 10.9 Å². The molecule has 0 saturated heterocycles. The maximum atomic E-state index is 11.2. The highest BCUT2D eigenvalue weighted by molar-refractivity contribution is 5.75. The Balaban J connectivity index is 3.20. The molecular weight excluding hydrogens is 190 g/mol. The van der Waals surface area contributed by atoms with Gasteiger partial charge in [0.05, 0.1) is 0 Å². The summed E-state index contributed by atoms with van der Waals surface area (Å²) in [5.74, 6) is 2.53. The lowest BCUT2D eigenvalue weighted by molar-refractivity contribution is -0.122. The summed E-state index contributed by atoms with van der Waals surface area (Å²) in [6, 6.07) is 0. The molecule has 0 aromatic heterocycles. The van der Waals surface area contributed by atoms with Crippen LogP contribution in [0, 0.1) is 0 Å². The van der Waals surface area contributed by atoms with Gasteiger partial charge >= 0.3 is 0 Å². The monoisotopic (exact) mass is 211 g/mol. The van der Waals surface area contributed by atoms with Gasteiger partial charge in [0.2, 0.25) is 5.91 Å². The molecule has 2 N–H and O–H groups in total. The summed E-state index contributed by atoms with van der Waals surface area (Å²) >= 11 is 0. The van der Waals surface area contributed by atoms with E-state index in [2.05, 4.69) is 35.2 Å². The maximum absolute atomic E-state index is 11.2. The predicted molar refractivity (Wildman–Crippen MR) is 62.8 cm³/mol. The molecular formula is C11H21N3O. The lowest BCUT2D eigenvalue weighted by atomic mass is 10.2. The fourth-order valence-corrected chi connectivity index (χ4v) is 1.08. The number of hydrazine groups is 1. The fourth-order valence-electron chi connectivity index (χ4n) is 1.08. The molecule has 4 heteroatoms. The summed E-state index contributed by atoms with van der Waals surface area (Å²) in [7, 11) is 0. The summed E-state index contributed by atoms with van der Waals surface area (Å²) in [5, 5.41) is 0. The Labute approximate surface area is 91.8 Å². The second kappa shape index (κ2) is 11.0. The van der Waals surface area contributed by atoms with Crippen LogP contribution in [0.15, 0.2) is 11.6 Å². The van der Waals surface area contributed by atoms with E-state index in [1.54, 1.807) is 0 Å². The van der Waals surface area contributed by atoms with E-state index >= 15 is 0 Å². The van der Waals surface area contributed by atoms with Crippen molar-refractivity contribution in [3.05, 3.63) is 6.58 Å². The van der Waals surface area contributed by atoms with Crippen LogP contribution in [0.2, 0.25) is 0 Å². The third-order valence-corrected chi connectivity index (χ3v) is 1.92. The molecule has 0 radical (unpaired) electrons. The zero-order valence-corrected chi connectivity index (χ0v) is 9.51. The van der Waals surface area contributed by atoms with Gasteiger partial charge in [0, 0.05) is 19.5 Å². The highest BCUT2D eigenvalue weighted by Crippen LogP contribution is 1.97. The quantitative estimate of drug-likeness (QED) is 0.344. The van der Waals surface area contributed by atoms with Gasteiger partial charge in [-0.3, -0.25) is 10.2 Å². The molecule has 0 aliphatic rings. The standard InChI is InChI=1S/C11H21N3O/c1-3-5-6-8-11(15)14-13-10-7-9-12-4-2/h13H,2-3,5-10H2,1H3,(H,14,15). The topological polar surface area (TPSA) is 53.5 Å². The van der Waals surface area contributed by atoms with E-state index in [0.717, 1.165) is 32.2 Å². The van der Waals surface area contributed by atoms with Crippen LogP contribution >= 0.6 is 0 Å². The molecule has 0 heterocycles. The van der Waals surface area contributed by atoms with E-state index < -0.39 is 0 Å². The highest BCUT2D eigenvalue weighted by atomic mass is 16.2. The average Bonchev–Trinajstić information content (AvgIpc) is 2.23. The molecule has 0 aliphatic heterocycles. The van der Waals surface area contributed by atoms with Gasteiger partial charge in [-0.25, -0.2) is 10.4 Å². The Morgan fingerprint density at radius 2 is 2.20 bits per heavy atom. The van der Waals surface area contributed by atoms with E-state index in [1.165, 1.54) is 0 Å². The molecule has 15 heavy (non-hydrogen) atoms. The molecule has 1 amide bonds. The molecule has 0 aliphatic carbocycles. The van der Waals surface area contributed by atoms with Crippen molar-refractivity contribution in [1.82, 2.24) is 10.9 Å². The summed E-state index contributed by atoms with van der Waals surface area (Å²) in [4.78, 5) is 15.0. The van der Waals surface area contributed by atoms with Gasteiger partial charge in [-0.15, -0.1) is 0 Å². The molecule has 0 saturated carbocycles. The van der Waals surface area contributed by atoms with Crippen molar-refractivity contribution in [2.75, 3.05) is 13.1 Å². The van der Waals surface area contributed by atoms with Crippen molar-refractivity contribution < 1.29 is 4.79 Å². The van der Waals surface area contributed by atoms with E-state index in [-0.39, 0.29) is 5.91 Å². The van der Waals surface area contributed by atoms with Gasteiger partial charge in [-0.1, -0.05) is 19.8 Å². The second-order valence-electron chi connectivity index (χ2n) is 3.33. The van der Waals surface area contributed by atoms with Crippen LogP contribution in [-0.4, -0.2) is 24.9 Å².